The zero-order valence-electron chi connectivity index (χ0n) is 12.7. The van der Waals surface area contributed by atoms with E-state index in [1.807, 2.05) is 0 Å². The minimum atomic E-state index is -1.05. The summed E-state index contributed by atoms with van der Waals surface area (Å²) >= 11 is 0. The maximum absolute atomic E-state index is 12.5. The van der Waals surface area contributed by atoms with Crippen LogP contribution in [0.1, 0.15) is 45.1 Å². The number of furan rings is 1. The zero-order valence-corrected chi connectivity index (χ0v) is 12.7. The number of carbonyl (C=O) groups is 3. The Morgan fingerprint density at radius 1 is 1.13 bits per heavy atom. The molecule has 0 aliphatic carbocycles. The molecular weight excluding hydrogens is 300 g/mol. The number of rotatable bonds is 6. The molecule has 0 bridgehead atoms. The van der Waals surface area contributed by atoms with Crippen molar-refractivity contribution in [2.75, 3.05) is 6.61 Å². The van der Waals surface area contributed by atoms with Gasteiger partial charge in [-0.2, -0.15) is 0 Å². The molecule has 0 radical (unpaired) electrons. The number of phenolic OH excluding ortho intramolecular Hbond substituents is 1. The van der Waals surface area contributed by atoms with Gasteiger partial charge >= 0.3 is 5.97 Å². The van der Waals surface area contributed by atoms with E-state index < -0.39 is 29.2 Å². The van der Waals surface area contributed by atoms with Crippen molar-refractivity contribution in [1.29, 1.82) is 0 Å². The van der Waals surface area contributed by atoms with Gasteiger partial charge in [0.05, 0.1) is 24.4 Å². The number of ether oxygens (including phenoxy) is 1. The lowest BCUT2D eigenvalue weighted by Gasteiger charge is -2.11. The average molecular weight is 316 g/mol. The van der Waals surface area contributed by atoms with Crippen LogP contribution >= 0.6 is 0 Å². The Labute approximate surface area is 132 Å². The van der Waals surface area contributed by atoms with Gasteiger partial charge in [-0.15, -0.1) is 0 Å². The fourth-order valence-corrected chi connectivity index (χ4v) is 2.10. The van der Waals surface area contributed by atoms with E-state index in [9.17, 15) is 19.5 Å². The summed E-state index contributed by atoms with van der Waals surface area (Å²) in [7, 11) is 0. The van der Waals surface area contributed by atoms with Gasteiger partial charge in [-0.3, -0.25) is 9.59 Å². The Morgan fingerprint density at radius 3 is 2.43 bits per heavy atom. The first-order chi connectivity index (χ1) is 11.0. The van der Waals surface area contributed by atoms with Gasteiger partial charge in [0.25, 0.3) is 0 Å². The lowest BCUT2D eigenvalue weighted by molar-refractivity contribution is 0.0523. The van der Waals surface area contributed by atoms with Crippen LogP contribution in [-0.4, -0.2) is 29.2 Å². The average Bonchev–Trinajstić information content (AvgIpc) is 3.07. The quantitative estimate of drug-likeness (QED) is 0.500. The number of hydrogen-bond acceptors (Lipinski definition) is 6. The number of hydrogen-bond donors (Lipinski definition) is 1. The summed E-state index contributed by atoms with van der Waals surface area (Å²) in [5, 5.41) is 10.2. The topological polar surface area (TPSA) is 93.8 Å². The minimum Gasteiger partial charge on any atom is -0.506 e. The van der Waals surface area contributed by atoms with Crippen molar-refractivity contribution in [2.24, 2.45) is 5.92 Å². The zero-order chi connectivity index (χ0) is 17.0. The van der Waals surface area contributed by atoms with Gasteiger partial charge in [-0.1, -0.05) is 6.07 Å². The lowest BCUT2D eigenvalue weighted by atomic mass is 9.92. The maximum atomic E-state index is 12.5. The molecule has 1 aromatic heterocycles. The second-order valence-corrected chi connectivity index (χ2v) is 4.85. The van der Waals surface area contributed by atoms with Crippen LogP contribution in [0.5, 0.6) is 5.75 Å². The van der Waals surface area contributed by atoms with Crippen molar-refractivity contribution < 1.29 is 28.6 Å². The highest BCUT2D eigenvalue weighted by molar-refractivity contribution is 6.16. The molecule has 1 heterocycles. The first-order valence-electron chi connectivity index (χ1n) is 7.08. The third kappa shape index (κ3) is 3.31. The van der Waals surface area contributed by atoms with E-state index in [-0.39, 0.29) is 23.5 Å². The van der Waals surface area contributed by atoms with Crippen molar-refractivity contribution in [2.45, 2.75) is 13.8 Å². The number of benzene rings is 1. The Balaban J connectivity index is 2.31. The molecule has 0 fully saturated rings. The van der Waals surface area contributed by atoms with E-state index >= 15 is 0 Å². The van der Waals surface area contributed by atoms with E-state index in [1.54, 1.807) is 13.0 Å². The molecule has 2 aromatic rings. The van der Waals surface area contributed by atoms with Crippen molar-refractivity contribution in [3.63, 3.8) is 0 Å². The maximum Gasteiger partial charge on any atom is 0.341 e. The molecule has 1 unspecified atom stereocenters. The third-order valence-corrected chi connectivity index (χ3v) is 3.35. The normalized spacial score (nSPS) is 11.7. The highest BCUT2D eigenvalue weighted by Crippen LogP contribution is 2.27. The lowest BCUT2D eigenvalue weighted by Crippen LogP contribution is -2.21. The Kier molecular flexibility index (Phi) is 4.95. The van der Waals surface area contributed by atoms with E-state index in [2.05, 4.69) is 0 Å². The summed E-state index contributed by atoms with van der Waals surface area (Å²) < 4.78 is 9.81. The van der Waals surface area contributed by atoms with Crippen molar-refractivity contribution >= 4 is 17.5 Å². The second kappa shape index (κ2) is 6.91. The Bertz CT molecular complexity index is 730. The number of esters is 1. The molecule has 6 nitrogen and oxygen atoms in total. The van der Waals surface area contributed by atoms with E-state index in [4.69, 9.17) is 9.15 Å². The molecule has 1 aromatic carbocycles. The highest BCUT2D eigenvalue weighted by Gasteiger charge is 2.29. The molecule has 6 heteroatoms. The molecule has 0 saturated heterocycles. The third-order valence-electron chi connectivity index (χ3n) is 3.35. The number of Topliss-reactive ketones (excluding diaryl/α,β-unsaturated/α-hetero) is 2. The molecule has 0 aliphatic rings. The van der Waals surface area contributed by atoms with Crippen molar-refractivity contribution in [1.82, 2.24) is 0 Å². The number of aromatic hydroxyl groups is 1. The summed E-state index contributed by atoms with van der Waals surface area (Å²) in [6, 6.07) is 7.16. The predicted octanol–water partition coefficient (Wildman–Crippen LogP) is 2.86. The fraction of sp³-hybridized carbons (Fsp3) is 0.235. The molecule has 0 spiro atoms. The van der Waals surface area contributed by atoms with Crippen LogP contribution in [0, 0.1) is 5.92 Å². The summed E-state index contributed by atoms with van der Waals surface area (Å²) in [4.78, 5) is 36.4. The monoisotopic (exact) mass is 316 g/mol. The summed E-state index contributed by atoms with van der Waals surface area (Å²) in [6.07, 6.45) is 1.34. The first kappa shape index (κ1) is 16.5. The van der Waals surface area contributed by atoms with E-state index in [0.29, 0.717) is 0 Å². The van der Waals surface area contributed by atoms with Crippen LogP contribution in [-0.2, 0) is 4.74 Å². The molecule has 2 rings (SSSR count). The number of para-hydroxylation sites is 1. The molecule has 0 saturated carbocycles. The van der Waals surface area contributed by atoms with Gasteiger partial charge in [0, 0.05) is 0 Å². The summed E-state index contributed by atoms with van der Waals surface area (Å²) in [6.45, 7) is 3.20. The van der Waals surface area contributed by atoms with Crippen LogP contribution < -0.4 is 0 Å². The fourth-order valence-electron chi connectivity index (χ4n) is 2.10. The molecule has 1 N–H and O–H groups in total. The van der Waals surface area contributed by atoms with Gasteiger partial charge in [-0.25, -0.2) is 4.79 Å². The van der Waals surface area contributed by atoms with E-state index in [1.165, 1.54) is 37.5 Å². The molecule has 120 valence electrons. The molecule has 0 aliphatic heterocycles. The summed E-state index contributed by atoms with van der Waals surface area (Å²) in [5.41, 5.74) is -0.224. The molecular formula is C17H16O6. The number of carbonyl (C=O) groups excluding carboxylic acids is 3. The standard InChI is InChI=1S/C17H16O6/c1-3-22-17(21)12-7-4-6-11(16(12)20)14(18)10(2)15(19)13-8-5-9-23-13/h4-10,20H,3H2,1-2H3. The van der Waals surface area contributed by atoms with Crippen molar-refractivity contribution in [3.05, 3.63) is 53.5 Å². The van der Waals surface area contributed by atoms with Gasteiger partial charge in [-0.05, 0) is 38.1 Å². The van der Waals surface area contributed by atoms with Crippen LogP contribution in [0.2, 0.25) is 0 Å². The molecule has 0 amide bonds. The molecule has 23 heavy (non-hydrogen) atoms. The van der Waals surface area contributed by atoms with Crippen molar-refractivity contribution in [3.8, 4) is 5.75 Å². The minimum absolute atomic E-state index is 0.0619. The van der Waals surface area contributed by atoms with Gasteiger partial charge < -0.3 is 14.3 Å². The smallest absolute Gasteiger partial charge is 0.341 e. The van der Waals surface area contributed by atoms with Crippen LogP contribution in [0.4, 0.5) is 0 Å². The number of phenols is 1. The first-order valence-corrected chi connectivity index (χ1v) is 7.08. The SMILES string of the molecule is CCOC(=O)c1cccc(C(=O)C(C)C(=O)c2ccco2)c1O. The molecule has 1 atom stereocenters. The van der Waals surface area contributed by atoms with Gasteiger partial charge in [0.1, 0.15) is 11.3 Å². The van der Waals surface area contributed by atoms with Crippen LogP contribution in [0.15, 0.2) is 41.0 Å². The predicted molar refractivity (Wildman–Crippen MR) is 80.6 cm³/mol. The Morgan fingerprint density at radius 2 is 1.83 bits per heavy atom. The van der Waals surface area contributed by atoms with Crippen LogP contribution in [0.25, 0.3) is 0 Å². The summed E-state index contributed by atoms with van der Waals surface area (Å²) in [5.74, 6) is -3.31. The van der Waals surface area contributed by atoms with E-state index in [0.717, 1.165) is 0 Å². The van der Waals surface area contributed by atoms with Gasteiger partial charge in [0.2, 0.25) is 5.78 Å². The van der Waals surface area contributed by atoms with Crippen LogP contribution in [0.3, 0.4) is 0 Å². The number of ketones is 2. The second-order valence-electron chi connectivity index (χ2n) is 4.85. The highest BCUT2D eigenvalue weighted by atomic mass is 16.5. The van der Waals surface area contributed by atoms with Gasteiger partial charge in [0.15, 0.2) is 11.5 Å². The largest absolute Gasteiger partial charge is 0.506 e. The Hall–Kier alpha value is -2.89.